The molecule has 0 aromatic heterocycles. The summed E-state index contributed by atoms with van der Waals surface area (Å²) >= 11 is 0. The van der Waals surface area contributed by atoms with Crippen molar-refractivity contribution in [2.24, 2.45) is 0 Å². The van der Waals surface area contributed by atoms with Gasteiger partial charge in [0.05, 0.1) is 0 Å². The highest BCUT2D eigenvalue weighted by atomic mass is 16.2. The first-order chi connectivity index (χ1) is 13.3. The Kier molecular flexibility index (Phi) is 5.12. The standard InChI is InChI=1S/C20H20N4O4/c1-13(25)21-15-9-6-10-16(11-15)22-17(26)12-24-18(27)20(2,23-19(24)28)14-7-4-3-5-8-14/h3-11H,12H2,1-2H3,(H,21,25)(H,22,26)(H,23,28)/t20-/m1/s1. The highest BCUT2D eigenvalue weighted by Gasteiger charge is 2.49. The van der Waals surface area contributed by atoms with Crippen LogP contribution < -0.4 is 16.0 Å². The first-order valence-electron chi connectivity index (χ1n) is 8.67. The average molecular weight is 380 g/mol. The lowest BCUT2D eigenvalue weighted by molar-refractivity contribution is -0.133. The van der Waals surface area contributed by atoms with Crippen LogP contribution in [0.2, 0.25) is 0 Å². The van der Waals surface area contributed by atoms with Gasteiger partial charge in [-0.2, -0.15) is 0 Å². The Labute approximate surface area is 161 Å². The number of carbonyl (C=O) groups excluding carboxylic acids is 4. The molecule has 3 rings (SSSR count). The highest BCUT2D eigenvalue weighted by Crippen LogP contribution is 2.28. The van der Waals surface area contributed by atoms with Crippen molar-refractivity contribution < 1.29 is 19.2 Å². The predicted octanol–water partition coefficient (Wildman–Crippen LogP) is 2.05. The number of amides is 5. The van der Waals surface area contributed by atoms with Gasteiger partial charge in [-0.05, 0) is 30.7 Å². The third-order valence-electron chi connectivity index (χ3n) is 4.39. The summed E-state index contributed by atoms with van der Waals surface area (Å²) < 4.78 is 0. The topological polar surface area (TPSA) is 108 Å². The summed E-state index contributed by atoms with van der Waals surface area (Å²) in [6.07, 6.45) is 0. The zero-order valence-corrected chi connectivity index (χ0v) is 15.5. The van der Waals surface area contributed by atoms with Gasteiger partial charge >= 0.3 is 6.03 Å². The summed E-state index contributed by atoms with van der Waals surface area (Å²) in [5.74, 6) is -1.25. The van der Waals surface area contributed by atoms with Crippen molar-refractivity contribution in [3.8, 4) is 0 Å². The molecule has 144 valence electrons. The summed E-state index contributed by atoms with van der Waals surface area (Å²) in [5, 5.41) is 7.90. The van der Waals surface area contributed by atoms with Crippen molar-refractivity contribution >= 4 is 35.1 Å². The maximum Gasteiger partial charge on any atom is 0.325 e. The fourth-order valence-corrected chi connectivity index (χ4v) is 3.03. The van der Waals surface area contributed by atoms with Crippen LogP contribution in [-0.2, 0) is 19.9 Å². The first kappa shape index (κ1) is 19.1. The minimum Gasteiger partial charge on any atom is -0.326 e. The molecule has 0 bridgehead atoms. The van der Waals surface area contributed by atoms with E-state index in [0.29, 0.717) is 16.9 Å². The minimum absolute atomic E-state index is 0.233. The summed E-state index contributed by atoms with van der Waals surface area (Å²) in [4.78, 5) is 49.5. The number of imide groups is 1. The lowest BCUT2D eigenvalue weighted by Gasteiger charge is -2.22. The lowest BCUT2D eigenvalue weighted by atomic mass is 9.92. The van der Waals surface area contributed by atoms with Gasteiger partial charge in [0.2, 0.25) is 11.8 Å². The van der Waals surface area contributed by atoms with Crippen LogP contribution in [0.5, 0.6) is 0 Å². The largest absolute Gasteiger partial charge is 0.326 e. The zero-order chi connectivity index (χ0) is 20.3. The Morgan fingerprint density at radius 3 is 2.29 bits per heavy atom. The van der Waals surface area contributed by atoms with Crippen molar-refractivity contribution in [2.75, 3.05) is 17.2 Å². The van der Waals surface area contributed by atoms with Gasteiger partial charge in [-0.25, -0.2) is 4.79 Å². The molecule has 5 amide bonds. The molecule has 28 heavy (non-hydrogen) atoms. The number of hydrogen-bond acceptors (Lipinski definition) is 4. The van der Waals surface area contributed by atoms with E-state index in [1.165, 1.54) is 6.92 Å². The molecule has 1 atom stereocenters. The van der Waals surface area contributed by atoms with Crippen LogP contribution >= 0.6 is 0 Å². The fourth-order valence-electron chi connectivity index (χ4n) is 3.03. The predicted molar refractivity (Wildman–Crippen MR) is 103 cm³/mol. The van der Waals surface area contributed by atoms with Crippen LogP contribution in [0.1, 0.15) is 19.4 Å². The molecule has 8 heteroatoms. The maximum absolute atomic E-state index is 12.8. The Morgan fingerprint density at radius 2 is 1.64 bits per heavy atom. The van der Waals surface area contributed by atoms with Gasteiger partial charge < -0.3 is 16.0 Å². The quantitative estimate of drug-likeness (QED) is 0.690. The molecular weight excluding hydrogens is 360 g/mol. The molecule has 0 unspecified atom stereocenters. The number of urea groups is 1. The number of nitrogens with zero attached hydrogens (tertiary/aromatic N) is 1. The van der Waals surface area contributed by atoms with Crippen LogP contribution in [0.4, 0.5) is 16.2 Å². The third-order valence-corrected chi connectivity index (χ3v) is 4.39. The maximum atomic E-state index is 12.8. The fraction of sp³-hybridized carbons (Fsp3) is 0.200. The number of carbonyl (C=O) groups is 4. The molecule has 2 aromatic rings. The summed E-state index contributed by atoms with van der Waals surface area (Å²) in [5.41, 5.74) is 0.384. The van der Waals surface area contributed by atoms with E-state index < -0.39 is 29.9 Å². The Balaban J connectivity index is 1.70. The molecule has 0 saturated carbocycles. The monoisotopic (exact) mass is 380 g/mol. The highest BCUT2D eigenvalue weighted by molar-refractivity contribution is 6.10. The number of benzene rings is 2. The molecule has 1 fully saturated rings. The second-order valence-corrected chi connectivity index (χ2v) is 6.62. The zero-order valence-electron chi connectivity index (χ0n) is 15.5. The van der Waals surface area contributed by atoms with Crippen molar-refractivity contribution in [1.82, 2.24) is 10.2 Å². The average Bonchev–Trinajstić information content (AvgIpc) is 2.86. The van der Waals surface area contributed by atoms with E-state index in [1.54, 1.807) is 55.5 Å². The van der Waals surface area contributed by atoms with Crippen molar-refractivity contribution in [2.45, 2.75) is 19.4 Å². The van der Waals surface area contributed by atoms with Gasteiger partial charge in [-0.1, -0.05) is 36.4 Å². The number of rotatable bonds is 5. The minimum atomic E-state index is -1.22. The molecule has 2 aromatic carbocycles. The van der Waals surface area contributed by atoms with E-state index in [1.807, 2.05) is 6.07 Å². The van der Waals surface area contributed by atoms with Crippen LogP contribution in [0.15, 0.2) is 54.6 Å². The second kappa shape index (κ2) is 7.51. The lowest BCUT2D eigenvalue weighted by Crippen LogP contribution is -2.42. The van der Waals surface area contributed by atoms with Gasteiger partial charge in [0.15, 0.2) is 0 Å². The van der Waals surface area contributed by atoms with Gasteiger partial charge in [0, 0.05) is 18.3 Å². The van der Waals surface area contributed by atoms with Crippen molar-refractivity contribution in [3.05, 3.63) is 60.2 Å². The first-order valence-corrected chi connectivity index (χ1v) is 8.67. The van der Waals surface area contributed by atoms with E-state index in [2.05, 4.69) is 16.0 Å². The molecule has 1 heterocycles. The SMILES string of the molecule is CC(=O)Nc1cccc(NC(=O)CN2C(=O)N[C@](C)(c3ccccc3)C2=O)c1. The van der Waals surface area contributed by atoms with E-state index >= 15 is 0 Å². The van der Waals surface area contributed by atoms with Gasteiger partial charge in [0.25, 0.3) is 5.91 Å². The molecular formula is C20H20N4O4. The van der Waals surface area contributed by atoms with Crippen molar-refractivity contribution in [3.63, 3.8) is 0 Å². The molecule has 3 N–H and O–H groups in total. The summed E-state index contributed by atoms with van der Waals surface area (Å²) in [6.45, 7) is 2.57. The van der Waals surface area contributed by atoms with Crippen LogP contribution in [0.25, 0.3) is 0 Å². The molecule has 0 spiro atoms. The number of nitrogens with one attached hydrogen (secondary N) is 3. The van der Waals surface area contributed by atoms with Gasteiger partial charge in [0.1, 0.15) is 12.1 Å². The smallest absolute Gasteiger partial charge is 0.325 e. The Hall–Kier alpha value is -3.68. The van der Waals surface area contributed by atoms with Crippen LogP contribution in [0.3, 0.4) is 0 Å². The molecule has 8 nitrogen and oxygen atoms in total. The number of hydrogen-bond donors (Lipinski definition) is 3. The van der Waals surface area contributed by atoms with Crippen LogP contribution in [-0.4, -0.2) is 35.2 Å². The van der Waals surface area contributed by atoms with E-state index in [0.717, 1.165) is 4.90 Å². The van der Waals surface area contributed by atoms with E-state index in [-0.39, 0.29) is 5.91 Å². The van der Waals surface area contributed by atoms with E-state index in [9.17, 15) is 19.2 Å². The van der Waals surface area contributed by atoms with Gasteiger partial charge in [-0.3, -0.25) is 19.3 Å². The summed E-state index contributed by atoms with van der Waals surface area (Å²) in [7, 11) is 0. The normalized spacial score (nSPS) is 18.6. The molecule has 0 radical (unpaired) electrons. The van der Waals surface area contributed by atoms with E-state index in [4.69, 9.17) is 0 Å². The summed E-state index contributed by atoms with van der Waals surface area (Å²) in [6, 6.07) is 14.8. The molecule has 1 saturated heterocycles. The molecule has 1 aliphatic heterocycles. The molecule has 0 aliphatic carbocycles. The van der Waals surface area contributed by atoms with Gasteiger partial charge in [-0.15, -0.1) is 0 Å². The Bertz CT molecular complexity index is 944. The second-order valence-electron chi connectivity index (χ2n) is 6.62. The molecule has 1 aliphatic rings. The van der Waals surface area contributed by atoms with Crippen LogP contribution in [0, 0.1) is 0 Å². The Morgan fingerprint density at radius 1 is 1.00 bits per heavy atom. The third kappa shape index (κ3) is 3.85. The van der Waals surface area contributed by atoms with Crippen molar-refractivity contribution in [1.29, 1.82) is 0 Å². The number of anilines is 2.